The Labute approximate surface area is 192 Å². The molecular formula is C18H16F12N2O2S. The monoisotopic (exact) mass is 552 g/mol. The lowest BCUT2D eigenvalue weighted by atomic mass is 9.94. The molecule has 2 amide bonds. The van der Waals surface area contributed by atoms with E-state index in [1.54, 1.807) is 0 Å². The predicted molar refractivity (Wildman–Crippen MR) is 98.1 cm³/mol. The zero-order valence-electron chi connectivity index (χ0n) is 17.2. The lowest BCUT2D eigenvalue weighted by molar-refractivity contribution is -0.406. The smallest absolute Gasteiger partial charge is 0.365 e. The molecule has 0 saturated heterocycles. The summed E-state index contributed by atoms with van der Waals surface area (Å²) in [4.78, 5) is 24.0. The molecule has 1 aromatic rings. The van der Waals surface area contributed by atoms with Gasteiger partial charge in [0.05, 0.1) is 5.56 Å². The standard InChI is InChI=1S/C18H16F12N2O2S/c19-12(20)14(21,22)16(25,26)18(29,30)17(27,28)15(23,24)13(34)32-11-9(10(31)33)7-5-3-1-2-4-6-8(7)35-11/h12H,1-6H2,(H2,31,33)(H,32,34). The summed E-state index contributed by atoms with van der Waals surface area (Å²) in [6.45, 7) is 0. The maximum Gasteiger partial charge on any atom is 0.393 e. The number of aryl methyl sites for hydroxylation is 1. The van der Waals surface area contributed by atoms with E-state index in [9.17, 15) is 62.3 Å². The molecule has 2 rings (SSSR count). The van der Waals surface area contributed by atoms with E-state index in [2.05, 4.69) is 0 Å². The maximum absolute atomic E-state index is 14.1. The molecule has 1 aliphatic rings. The van der Waals surface area contributed by atoms with Crippen LogP contribution in [0.25, 0.3) is 0 Å². The van der Waals surface area contributed by atoms with Crippen LogP contribution in [-0.2, 0) is 17.6 Å². The highest BCUT2D eigenvalue weighted by molar-refractivity contribution is 7.17. The van der Waals surface area contributed by atoms with Gasteiger partial charge in [-0.15, -0.1) is 11.3 Å². The molecule has 0 saturated carbocycles. The van der Waals surface area contributed by atoms with E-state index in [1.807, 2.05) is 0 Å². The van der Waals surface area contributed by atoms with E-state index in [0.717, 1.165) is 11.7 Å². The normalized spacial score (nSPS) is 16.5. The van der Waals surface area contributed by atoms with Gasteiger partial charge in [0.25, 0.3) is 5.91 Å². The first-order valence-electron chi connectivity index (χ1n) is 9.68. The van der Waals surface area contributed by atoms with Crippen molar-refractivity contribution in [3.63, 3.8) is 0 Å². The zero-order chi connectivity index (χ0) is 27.2. The van der Waals surface area contributed by atoms with Gasteiger partial charge in [-0.3, -0.25) is 9.59 Å². The molecule has 0 spiro atoms. The van der Waals surface area contributed by atoms with Crippen LogP contribution in [0.2, 0.25) is 0 Å². The van der Waals surface area contributed by atoms with Crippen LogP contribution in [0.1, 0.15) is 46.5 Å². The molecule has 0 unspecified atom stereocenters. The number of halogens is 12. The number of carbonyl (C=O) groups is 2. The van der Waals surface area contributed by atoms with Gasteiger partial charge in [0.1, 0.15) is 5.00 Å². The van der Waals surface area contributed by atoms with Crippen LogP contribution in [0.15, 0.2) is 0 Å². The maximum atomic E-state index is 14.1. The summed E-state index contributed by atoms with van der Waals surface area (Å²) in [5.41, 5.74) is 4.74. The highest BCUT2D eigenvalue weighted by atomic mass is 32.1. The summed E-state index contributed by atoms with van der Waals surface area (Å²) in [6, 6.07) is 0. The molecule has 200 valence electrons. The molecule has 1 heterocycles. The fourth-order valence-corrected chi connectivity index (χ4v) is 4.62. The second-order valence-electron chi connectivity index (χ2n) is 7.66. The van der Waals surface area contributed by atoms with Crippen LogP contribution in [0.4, 0.5) is 57.7 Å². The van der Waals surface area contributed by atoms with Gasteiger partial charge < -0.3 is 11.1 Å². The average Bonchev–Trinajstić information content (AvgIpc) is 3.03. The third-order valence-electron chi connectivity index (χ3n) is 5.31. The van der Waals surface area contributed by atoms with Gasteiger partial charge in [-0.25, -0.2) is 8.78 Å². The largest absolute Gasteiger partial charge is 0.393 e. The van der Waals surface area contributed by atoms with Gasteiger partial charge in [-0.1, -0.05) is 12.8 Å². The molecule has 0 fully saturated rings. The first kappa shape index (κ1) is 29.0. The Bertz CT molecular complexity index is 977. The minimum atomic E-state index is -7.84. The second kappa shape index (κ2) is 9.35. The fourth-order valence-electron chi connectivity index (χ4n) is 3.33. The average molecular weight is 552 g/mol. The predicted octanol–water partition coefficient (Wildman–Crippen LogP) is 5.89. The number of fused-ring (bicyclic) bond motifs is 1. The van der Waals surface area contributed by atoms with Gasteiger partial charge in [-0.2, -0.15) is 43.9 Å². The van der Waals surface area contributed by atoms with Crippen LogP contribution < -0.4 is 11.1 Å². The SMILES string of the molecule is NC(=O)c1c(NC(=O)C(F)(F)C(F)(F)C(F)(F)C(F)(F)C(F)(F)C(F)F)sc2c1CCCCCC2. The van der Waals surface area contributed by atoms with Gasteiger partial charge in [0.2, 0.25) is 0 Å². The molecule has 1 aliphatic carbocycles. The van der Waals surface area contributed by atoms with Crippen LogP contribution >= 0.6 is 11.3 Å². The number of carbonyl (C=O) groups excluding carboxylic acids is 2. The van der Waals surface area contributed by atoms with Gasteiger partial charge >= 0.3 is 41.9 Å². The number of thiophene rings is 1. The highest BCUT2D eigenvalue weighted by Gasteiger charge is 2.89. The number of hydrogen-bond donors (Lipinski definition) is 2. The Morgan fingerprint density at radius 3 is 1.80 bits per heavy atom. The molecule has 0 radical (unpaired) electrons. The van der Waals surface area contributed by atoms with Crippen LogP contribution in [0.5, 0.6) is 0 Å². The molecule has 4 nitrogen and oxygen atoms in total. The van der Waals surface area contributed by atoms with Crippen LogP contribution in [-0.4, -0.2) is 47.9 Å². The number of primary amides is 1. The van der Waals surface area contributed by atoms with E-state index < -0.39 is 58.4 Å². The number of nitrogens with two attached hydrogens (primary N) is 1. The highest BCUT2D eigenvalue weighted by Crippen LogP contribution is 2.58. The van der Waals surface area contributed by atoms with E-state index in [-0.39, 0.29) is 18.4 Å². The first-order chi connectivity index (χ1) is 15.7. The van der Waals surface area contributed by atoms with Crippen molar-refractivity contribution in [2.45, 2.75) is 74.6 Å². The summed E-state index contributed by atoms with van der Waals surface area (Å²) in [5.74, 6) is -41.8. The third-order valence-corrected chi connectivity index (χ3v) is 6.51. The molecule has 0 atom stereocenters. The molecule has 0 aliphatic heterocycles. The Morgan fingerprint density at radius 2 is 1.31 bits per heavy atom. The van der Waals surface area contributed by atoms with Gasteiger partial charge in [0, 0.05) is 4.88 Å². The van der Waals surface area contributed by atoms with E-state index in [1.165, 1.54) is 0 Å². The number of anilines is 1. The summed E-state index contributed by atoms with van der Waals surface area (Å²) in [5, 5.41) is 0.179. The Hall–Kier alpha value is -2.20. The van der Waals surface area contributed by atoms with Gasteiger partial charge in [0.15, 0.2) is 0 Å². The molecule has 1 aromatic heterocycles. The Morgan fingerprint density at radius 1 is 0.800 bits per heavy atom. The van der Waals surface area contributed by atoms with E-state index in [0.29, 0.717) is 35.5 Å². The van der Waals surface area contributed by atoms with Crippen molar-refractivity contribution in [1.82, 2.24) is 0 Å². The number of rotatable bonds is 8. The number of hydrogen-bond acceptors (Lipinski definition) is 3. The van der Waals surface area contributed by atoms with Crippen LogP contribution in [0.3, 0.4) is 0 Å². The molecule has 3 N–H and O–H groups in total. The van der Waals surface area contributed by atoms with Crippen molar-refractivity contribution < 1.29 is 62.3 Å². The molecule has 17 heteroatoms. The van der Waals surface area contributed by atoms with Crippen molar-refractivity contribution in [1.29, 1.82) is 0 Å². The minimum Gasteiger partial charge on any atom is -0.365 e. The fraction of sp³-hybridized carbons (Fsp3) is 0.667. The van der Waals surface area contributed by atoms with Crippen molar-refractivity contribution >= 4 is 28.2 Å². The van der Waals surface area contributed by atoms with Crippen molar-refractivity contribution in [3.05, 3.63) is 16.0 Å². The van der Waals surface area contributed by atoms with Crippen molar-refractivity contribution in [3.8, 4) is 0 Å². The van der Waals surface area contributed by atoms with Gasteiger partial charge in [-0.05, 0) is 31.2 Å². The van der Waals surface area contributed by atoms with Crippen molar-refractivity contribution in [2.75, 3.05) is 5.32 Å². The third kappa shape index (κ3) is 4.55. The lowest BCUT2D eigenvalue weighted by Gasteiger charge is -2.38. The second-order valence-corrected chi connectivity index (χ2v) is 8.77. The summed E-state index contributed by atoms with van der Waals surface area (Å²) in [6.07, 6.45) is -2.83. The summed E-state index contributed by atoms with van der Waals surface area (Å²) < 4.78 is 160. The lowest BCUT2D eigenvalue weighted by Crippen LogP contribution is -2.70. The molecule has 35 heavy (non-hydrogen) atoms. The van der Waals surface area contributed by atoms with E-state index in [4.69, 9.17) is 5.73 Å². The first-order valence-corrected chi connectivity index (χ1v) is 10.5. The summed E-state index contributed by atoms with van der Waals surface area (Å²) >= 11 is 0.423. The topological polar surface area (TPSA) is 72.2 Å². The quantitative estimate of drug-likeness (QED) is 0.395. The molecular weight excluding hydrogens is 536 g/mol. The molecule has 0 aromatic carbocycles. The van der Waals surface area contributed by atoms with E-state index >= 15 is 0 Å². The van der Waals surface area contributed by atoms with Crippen molar-refractivity contribution in [2.24, 2.45) is 5.73 Å². The minimum absolute atomic E-state index is 0.152. The van der Waals surface area contributed by atoms with Crippen LogP contribution in [0, 0.1) is 0 Å². The number of alkyl halides is 12. The Kier molecular flexibility index (Phi) is 7.76. The molecule has 0 bridgehead atoms. The Balaban J connectivity index is 2.49. The number of amides is 2. The summed E-state index contributed by atoms with van der Waals surface area (Å²) in [7, 11) is 0. The number of nitrogens with one attached hydrogen (secondary N) is 1. The zero-order valence-corrected chi connectivity index (χ0v) is 18.0.